The Morgan fingerprint density at radius 1 is 1.10 bits per heavy atom. The van der Waals surface area contributed by atoms with Gasteiger partial charge in [-0.25, -0.2) is 0 Å². The molecule has 1 fully saturated rings. The van der Waals surface area contributed by atoms with Gasteiger partial charge in [0.25, 0.3) is 0 Å². The highest BCUT2D eigenvalue weighted by Gasteiger charge is 2.17. The van der Waals surface area contributed by atoms with Gasteiger partial charge in [-0.15, -0.1) is 0 Å². The van der Waals surface area contributed by atoms with Crippen molar-refractivity contribution >= 4 is 27.8 Å². The first-order chi connectivity index (χ1) is 9.72. The van der Waals surface area contributed by atoms with Crippen molar-refractivity contribution in [3.63, 3.8) is 0 Å². The Hall–Kier alpha value is -1.89. The van der Waals surface area contributed by atoms with Gasteiger partial charge >= 0.3 is 6.01 Å². The van der Waals surface area contributed by atoms with Crippen LogP contribution in [0.2, 0.25) is 0 Å². The van der Waals surface area contributed by atoms with E-state index >= 15 is 0 Å². The number of hydrogen-bond acceptors (Lipinski definition) is 6. The second-order valence-electron chi connectivity index (χ2n) is 4.50. The van der Waals surface area contributed by atoms with Gasteiger partial charge in [-0.2, -0.15) is 15.0 Å². The predicted molar refractivity (Wildman–Crippen MR) is 79.9 cm³/mol. The summed E-state index contributed by atoms with van der Waals surface area (Å²) in [7, 11) is 0. The quantitative estimate of drug-likeness (QED) is 0.928. The number of rotatable bonds is 3. The van der Waals surface area contributed by atoms with Gasteiger partial charge in [-0.3, -0.25) is 0 Å². The summed E-state index contributed by atoms with van der Waals surface area (Å²) in [5, 5.41) is 0. The molecule has 1 aromatic heterocycles. The molecule has 7 heteroatoms. The summed E-state index contributed by atoms with van der Waals surface area (Å²) in [5.74, 6) is 1.39. The average molecular weight is 336 g/mol. The van der Waals surface area contributed by atoms with Gasteiger partial charge in [0.15, 0.2) is 0 Å². The molecule has 1 aliphatic heterocycles. The first-order valence-corrected chi connectivity index (χ1v) is 7.20. The molecule has 1 aliphatic rings. The van der Waals surface area contributed by atoms with Gasteiger partial charge in [-0.1, -0.05) is 12.1 Å². The van der Waals surface area contributed by atoms with Crippen molar-refractivity contribution in [2.24, 2.45) is 0 Å². The van der Waals surface area contributed by atoms with Crippen LogP contribution in [0.1, 0.15) is 12.8 Å². The van der Waals surface area contributed by atoms with E-state index in [9.17, 15) is 0 Å². The van der Waals surface area contributed by atoms with Crippen LogP contribution in [0, 0.1) is 0 Å². The largest absolute Gasteiger partial charge is 0.423 e. The molecular weight excluding hydrogens is 322 g/mol. The standard InChI is InChI=1S/C13H14BrN5O/c14-9-5-1-2-6-10(9)20-13-17-11(15)16-12(18-13)19-7-3-4-8-19/h1-2,5-6H,3-4,7-8H2,(H2,15,16,17,18). The Morgan fingerprint density at radius 3 is 2.60 bits per heavy atom. The number of halogens is 1. The Labute approximate surface area is 125 Å². The van der Waals surface area contributed by atoms with Crippen molar-refractivity contribution in [1.82, 2.24) is 15.0 Å². The van der Waals surface area contributed by atoms with E-state index < -0.39 is 0 Å². The minimum absolute atomic E-state index is 0.170. The minimum atomic E-state index is 0.170. The fourth-order valence-corrected chi connectivity index (χ4v) is 2.46. The fourth-order valence-electron chi connectivity index (χ4n) is 2.09. The SMILES string of the molecule is Nc1nc(Oc2ccccc2Br)nc(N2CCCC2)n1. The molecule has 0 saturated carbocycles. The number of nitrogen functional groups attached to an aromatic ring is 1. The van der Waals surface area contributed by atoms with Crippen molar-refractivity contribution in [2.45, 2.75) is 12.8 Å². The summed E-state index contributed by atoms with van der Waals surface area (Å²) in [6.07, 6.45) is 2.29. The summed E-state index contributed by atoms with van der Waals surface area (Å²) < 4.78 is 6.51. The summed E-state index contributed by atoms with van der Waals surface area (Å²) in [6.45, 7) is 1.88. The molecule has 0 spiro atoms. The fraction of sp³-hybridized carbons (Fsp3) is 0.308. The van der Waals surface area contributed by atoms with E-state index in [0.717, 1.165) is 30.4 Å². The molecule has 0 aliphatic carbocycles. The summed E-state index contributed by atoms with van der Waals surface area (Å²) in [5.41, 5.74) is 5.74. The van der Waals surface area contributed by atoms with Crippen molar-refractivity contribution in [1.29, 1.82) is 0 Å². The first kappa shape index (κ1) is 13.1. The molecule has 2 heterocycles. The molecule has 0 amide bonds. The van der Waals surface area contributed by atoms with Gasteiger partial charge in [0.2, 0.25) is 11.9 Å². The molecule has 0 atom stereocenters. The van der Waals surface area contributed by atoms with Crippen LogP contribution in [-0.4, -0.2) is 28.0 Å². The molecule has 0 unspecified atom stereocenters. The van der Waals surface area contributed by atoms with E-state index in [4.69, 9.17) is 10.5 Å². The van der Waals surface area contributed by atoms with Crippen molar-refractivity contribution < 1.29 is 4.74 Å². The number of ether oxygens (including phenoxy) is 1. The van der Waals surface area contributed by atoms with E-state index in [1.54, 1.807) is 0 Å². The number of para-hydroxylation sites is 1. The van der Waals surface area contributed by atoms with Crippen LogP contribution < -0.4 is 15.4 Å². The Bertz CT molecular complexity index is 615. The maximum absolute atomic E-state index is 5.74. The van der Waals surface area contributed by atoms with Crippen LogP contribution in [0.25, 0.3) is 0 Å². The van der Waals surface area contributed by atoms with Gasteiger partial charge in [0.05, 0.1) is 4.47 Å². The summed E-state index contributed by atoms with van der Waals surface area (Å²) in [4.78, 5) is 14.6. The molecule has 1 saturated heterocycles. The third kappa shape index (κ3) is 2.82. The Kier molecular flexibility index (Phi) is 3.68. The molecule has 3 rings (SSSR count). The molecule has 104 valence electrons. The highest BCUT2D eigenvalue weighted by Crippen LogP contribution is 2.28. The van der Waals surface area contributed by atoms with Crippen LogP contribution in [0.3, 0.4) is 0 Å². The zero-order valence-electron chi connectivity index (χ0n) is 10.8. The van der Waals surface area contributed by atoms with Crippen LogP contribution in [0.5, 0.6) is 11.8 Å². The van der Waals surface area contributed by atoms with Crippen LogP contribution in [0.15, 0.2) is 28.7 Å². The predicted octanol–water partition coefficient (Wildman–Crippen LogP) is 2.61. The van der Waals surface area contributed by atoms with Crippen molar-refractivity contribution in [3.05, 3.63) is 28.7 Å². The van der Waals surface area contributed by atoms with Crippen LogP contribution >= 0.6 is 15.9 Å². The van der Waals surface area contributed by atoms with Crippen molar-refractivity contribution in [2.75, 3.05) is 23.7 Å². The lowest BCUT2D eigenvalue weighted by molar-refractivity contribution is 0.438. The molecule has 2 aromatic rings. The Balaban J connectivity index is 1.88. The summed E-state index contributed by atoms with van der Waals surface area (Å²) >= 11 is 3.42. The number of benzene rings is 1. The zero-order valence-corrected chi connectivity index (χ0v) is 12.4. The number of nitrogens with two attached hydrogens (primary N) is 1. The number of aromatic nitrogens is 3. The highest BCUT2D eigenvalue weighted by atomic mass is 79.9. The second kappa shape index (κ2) is 5.62. The van der Waals surface area contributed by atoms with E-state index in [1.807, 2.05) is 24.3 Å². The maximum atomic E-state index is 5.74. The van der Waals surface area contributed by atoms with E-state index in [1.165, 1.54) is 0 Å². The minimum Gasteiger partial charge on any atom is -0.423 e. The number of nitrogens with zero attached hydrogens (tertiary/aromatic N) is 4. The molecule has 20 heavy (non-hydrogen) atoms. The molecular formula is C13H14BrN5O. The van der Waals surface area contributed by atoms with E-state index in [0.29, 0.717) is 11.7 Å². The van der Waals surface area contributed by atoms with Crippen LogP contribution in [0.4, 0.5) is 11.9 Å². The number of anilines is 2. The van der Waals surface area contributed by atoms with Gasteiger partial charge in [-0.05, 0) is 40.9 Å². The third-order valence-electron chi connectivity index (χ3n) is 3.05. The third-order valence-corrected chi connectivity index (χ3v) is 3.70. The molecule has 0 radical (unpaired) electrons. The zero-order chi connectivity index (χ0) is 13.9. The molecule has 0 bridgehead atoms. The second-order valence-corrected chi connectivity index (χ2v) is 5.36. The van der Waals surface area contributed by atoms with Crippen molar-refractivity contribution in [3.8, 4) is 11.8 Å². The normalized spacial score (nSPS) is 14.6. The molecule has 2 N–H and O–H groups in total. The lowest BCUT2D eigenvalue weighted by Crippen LogP contribution is -2.21. The molecule has 6 nitrogen and oxygen atoms in total. The average Bonchev–Trinajstić information content (AvgIpc) is 2.95. The number of hydrogen-bond donors (Lipinski definition) is 1. The lowest BCUT2D eigenvalue weighted by Gasteiger charge is -2.15. The van der Waals surface area contributed by atoms with Gasteiger partial charge in [0.1, 0.15) is 5.75 Å². The van der Waals surface area contributed by atoms with Gasteiger partial charge in [0, 0.05) is 13.1 Å². The Morgan fingerprint density at radius 2 is 1.85 bits per heavy atom. The first-order valence-electron chi connectivity index (χ1n) is 6.41. The van der Waals surface area contributed by atoms with Gasteiger partial charge < -0.3 is 15.4 Å². The van der Waals surface area contributed by atoms with E-state index in [-0.39, 0.29) is 12.0 Å². The monoisotopic (exact) mass is 335 g/mol. The highest BCUT2D eigenvalue weighted by molar-refractivity contribution is 9.10. The molecule has 1 aromatic carbocycles. The van der Waals surface area contributed by atoms with Crippen LogP contribution in [-0.2, 0) is 0 Å². The summed E-state index contributed by atoms with van der Waals surface area (Å²) in [6, 6.07) is 7.73. The van der Waals surface area contributed by atoms with E-state index in [2.05, 4.69) is 35.8 Å². The smallest absolute Gasteiger partial charge is 0.328 e. The topological polar surface area (TPSA) is 77.2 Å². The maximum Gasteiger partial charge on any atom is 0.328 e. The lowest BCUT2D eigenvalue weighted by atomic mass is 10.3.